The fourth-order valence-electron chi connectivity index (χ4n) is 2.00. The van der Waals surface area contributed by atoms with Crippen molar-refractivity contribution in [2.24, 2.45) is 0 Å². The highest BCUT2D eigenvalue weighted by Gasteiger charge is 2.17. The Bertz CT molecular complexity index is 495. The van der Waals surface area contributed by atoms with Crippen molar-refractivity contribution in [3.05, 3.63) is 30.6 Å². The van der Waals surface area contributed by atoms with Crippen molar-refractivity contribution >= 4 is 0 Å². The summed E-state index contributed by atoms with van der Waals surface area (Å²) in [5.74, 6) is 0.764. The number of hydrogen-bond acceptors (Lipinski definition) is 5. The number of rotatable bonds is 4. The first-order valence-electron chi connectivity index (χ1n) is 6.00. The van der Waals surface area contributed by atoms with Crippen molar-refractivity contribution in [3.63, 3.8) is 0 Å². The van der Waals surface area contributed by atoms with Gasteiger partial charge in [-0.05, 0) is 35.4 Å². The van der Waals surface area contributed by atoms with Crippen LogP contribution in [-0.4, -0.2) is 39.5 Å². The van der Waals surface area contributed by atoms with Gasteiger partial charge in [-0.2, -0.15) is 4.68 Å². The molecule has 0 N–H and O–H groups in total. The molecule has 18 heavy (non-hydrogen) atoms. The van der Waals surface area contributed by atoms with Gasteiger partial charge in [-0.1, -0.05) is 12.1 Å². The molecule has 2 aromatic rings. The SMILES string of the molecule is c1ccc(-n2cnnn2)c(OC[C@@H]2CCCO2)c1. The Kier molecular flexibility index (Phi) is 3.18. The van der Waals surface area contributed by atoms with E-state index in [0.29, 0.717) is 6.61 Å². The first-order valence-corrected chi connectivity index (χ1v) is 6.00. The van der Waals surface area contributed by atoms with Crippen LogP contribution in [0.25, 0.3) is 5.69 Å². The van der Waals surface area contributed by atoms with Gasteiger partial charge in [0.05, 0.1) is 6.10 Å². The van der Waals surface area contributed by atoms with Crippen LogP contribution in [0, 0.1) is 0 Å². The van der Waals surface area contributed by atoms with E-state index in [1.54, 1.807) is 11.0 Å². The molecule has 6 nitrogen and oxygen atoms in total. The van der Waals surface area contributed by atoms with Gasteiger partial charge in [-0.3, -0.25) is 0 Å². The van der Waals surface area contributed by atoms with E-state index in [2.05, 4.69) is 15.5 Å². The van der Waals surface area contributed by atoms with Gasteiger partial charge in [0.1, 0.15) is 24.4 Å². The Hall–Kier alpha value is -1.95. The monoisotopic (exact) mass is 246 g/mol. The molecule has 0 aliphatic carbocycles. The summed E-state index contributed by atoms with van der Waals surface area (Å²) in [4.78, 5) is 0. The van der Waals surface area contributed by atoms with Gasteiger partial charge in [0.25, 0.3) is 0 Å². The van der Waals surface area contributed by atoms with E-state index < -0.39 is 0 Å². The van der Waals surface area contributed by atoms with E-state index in [4.69, 9.17) is 9.47 Å². The van der Waals surface area contributed by atoms with Crippen molar-refractivity contribution in [1.29, 1.82) is 0 Å². The van der Waals surface area contributed by atoms with Crippen molar-refractivity contribution in [1.82, 2.24) is 20.2 Å². The number of benzene rings is 1. The van der Waals surface area contributed by atoms with E-state index in [9.17, 15) is 0 Å². The van der Waals surface area contributed by atoms with Crippen molar-refractivity contribution in [2.75, 3.05) is 13.2 Å². The Morgan fingerprint density at radius 2 is 2.33 bits per heavy atom. The van der Waals surface area contributed by atoms with E-state index in [1.165, 1.54) is 0 Å². The van der Waals surface area contributed by atoms with Crippen LogP contribution in [0.15, 0.2) is 30.6 Å². The minimum absolute atomic E-state index is 0.201. The molecule has 2 heterocycles. The van der Waals surface area contributed by atoms with Gasteiger partial charge in [-0.25, -0.2) is 0 Å². The molecule has 0 amide bonds. The van der Waals surface area contributed by atoms with Crippen LogP contribution in [0.5, 0.6) is 5.75 Å². The van der Waals surface area contributed by atoms with Crippen LogP contribution in [-0.2, 0) is 4.74 Å². The highest BCUT2D eigenvalue weighted by Crippen LogP contribution is 2.22. The molecule has 0 saturated carbocycles. The zero-order valence-corrected chi connectivity index (χ0v) is 9.90. The Balaban J connectivity index is 1.75. The van der Waals surface area contributed by atoms with Crippen LogP contribution in [0.3, 0.4) is 0 Å². The molecule has 0 spiro atoms. The largest absolute Gasteiger partial charge is 0.489 e. The fraction of sp³-hybridized carbons (Fsp3) is 0.417. The molecular formula is C12H14N4O2. The average Bonchev–Trinajstić information content (AvgIpc) is 3.10. The highest BCUT2D eigenvalue weighted by molar-refractivity contribution is 5.45. The van der Waals surface area contributed by atoms with Crippen molar-refractivity contribution in [2.45, 2.75) is 18.9 Å². The third-order valence-corrected chi connectivity index (χ3v) is 2.91. The molecule has 1 saturated heterocycles. The molecule has 94 valence electrons. The molecule has 1 aromatic carbocycles. The number of tetrazole rings is 1. The van der Waals surface area contributed by atoms with Crippen molar-refractivity contribution < 1.29 is 9.47 Å². The molecule has 6 heteroatoms. The second kappa shape index (κ2) is 5.14. The summed E-state index contributed by atoms with van der Waals surface area (Å²) in [5.41, 5.74) is 0.834. The van der Waals surface area contributed by atoms with Crippen LogP contribution in [0.4, 0.5) is 0 Å². The number of nitrogens with zero attached hydrogens (tertiary/aromatic N) is 4. The van der Waals surface area contributed by atoms with Crippen LogP contribution < -0.4 is 4.74 Å². The lowest BCUT2D eigenvalue weighted by atomic mass is 10.2. The van der Waals surface area contributed by atoms with Gasteiger partial charge < -0.3 is 9.47 Å². The molecule has 1 aromatic heterocycles. The topological polar surface area (TPSA) is 62.1 Å². The Labute approximate surface area is 105 Å². The zero-order chi connectivity index (χ0) is 12.2. The lowest BCUT2D eigenvalue weighted by Crippen LogP contribution is -2.17. The zero-order valence-electron chi connectivity index (χ0n) is 9.90. The van der Waals surface area contributed by atoms with Gasteiger partial charge in [0, 0.05) is 6.61 Å². The number of aromatic nitrogens is 4. The molecule has 0 unspecified atom stereocenters. The Morgan fingerprint density at radius 1 is 1.39 bits per heavy atom. The lowest BCUT2D eigenvalue weighted by Gasteiger charge is -2.13. The van der Waals surface area contributed by atoms with Gasteiger partial charge in [0.15, 0.2) is 0 Å². The second-order valence-electron chi connectivity index (χ2n) is 4.17. The first-order chi connectivity index (χ1) is 8.93. The molecule has 0 radical (unpaired) electrons. The third-order valence-electron chi connectivity index (χ3n) is 2.91. The average molecular weight is 246 g/mol. The minimum Gasteiger partial charge on any atom is -0.489 e. The fourth-order valence-corrected chi connectivity index (χ4v) is 2.00. The summed E-state index contributed by atoms with van der Waals surface area (Å²) in [5, 5.41) is 11.1. The molecule has 3 rings (SSSR count). The summed E-state index contributed by atoms with van der Waals surface area (Å²) in [6.07, 6.45) is 3.93. The highest BCUT2D eigenvalue weighted by atomic mass is 16.5. The van der Waals surface area contributed by atoms with Gasteiger partial charge in [0.2, 0.25) is 0 Å². The standard InChI is InChI=1S/C12H14N4O2/c1-2-6-12(18-8-10-4-3-7-17-10)11(5-1)16-9-13-14-15-16/h1-2,5-6,9-10H,3-4,7-8H2/t10-/m0/s1. The van der Waals surface area contributed by atoms with Crippen LogP contribution >= 0.6 is 0 Å². The Morgan fingerprint density at radius 3 is 3.11 bits per heavy atom. The molecule has 1 atom stereocenters. The first kappa shape index (κ1) is 11.2. The second-order valence-corrected chi connectivity index (χ2v) is 4.17. The molecule has 1 aliphatic rings. The molecule has 1 aliphatic heterocycles. The summed E-state index contributed by atoms with van der Waals surface area (Å²) in [7, 11) is 0. The van der Waals surface area contributed by atoms with Crippen molar-refractivity contribution in [3.8, 4) is 11.4 Å². The predicted octanol–water partition coefficient (Wildman–Crippen LogP) is 1.22. The van der Waals surface area contributed by atoms with E-state index in [1.807, 2.05) is 24.3 Å². The molecular weight excluding hydrogens is 232 g/mol. The van der Waals surface area contributed by atoms with E-state index >= 15 is 0 Å². The van der Waals surface area contributed by atoms with Gasteiger partial charge in [-0.15, -0.1) is 5.10 Å². The number of para-hydroxylation sites is 2. The maximum atomic E-state index is 5.80. The maximum Gasteiger partial charge on any atom is 0.145 e. The quantitative estimate of drug-likeness (QED) is 0.811. The van der Waals surface area contributed by atoms with E-state index in [-0.39, 0.29) is 6.10 Å². The number of ether oxygens (including phenoxy) is 2. The smallest absolute Gasteiger partial charge is 0.145 e. The summed E-state index contributed by atoms with van der Waals surface area (Å²) >= 11 is 0. The summed E-state index contributed by atoms with van der Waals surface area (Å²) in [6.45, 7) is 1.40. The molecule has 0 bridgehead atoms. The predicted molar refractivity (Wildman–Crippen MR) is 63.6 cm³/mol. The lowest BCUT2D eigenvalue weighted by molar-refractivity contribution is 0.0679. The third kappa shape index (κ3) is 2.33. The normalized spacial score (nSPS) is 19.0. The van der Waals surface area contributed by atoms with Crippen LogP contribution in [0.2, 0.25) is 0 Å². The summed E-state index contributed by atoms with van der Waals surface area (Å²) < 4.78 is 12.9. The maximum absolute atomic E-state index is 5.80. The van der Waals surface area contributed by atoms with Crippen LogP contribution in [0.1, 0.15) is 12.8 Å². The minimum atomic E-state index is 0.201. The van der Waals surface area contributed by atoms with Gasteiger partial charge >= 0.3 is 0 Å². The summed E-state index contributed by atoms with van der Waals surface area (Å²) in [6, 6.07) is 7.68. The molecule has 1 fully saturated rings. The van der Waals surface area contributed by atoms with E-state index in [0.717, 1.165) is 30.9 Å². The number of hydrogen-bond donors (Lipinski definition) is 0.